The number of hydrogen-bond donors (Lipinski definition) is 2. The van der Waals surface area contributed by atoms with Crippen LogP contribution in [0.3, 0.4) is 0 Å². The number of nitrogens with zero attached hydrogens (tertiary/aromatic N) is 3. The van der Waals surface area contributed by atoms with E-state index in [1.807, 2.05) is 44.2 Å². The van der Waals surface area contributed by atoms with Gasteiger partial charge in [-0.15, -0.1) is 0 Å². The van der Waals surface area contributed by atoms with E-state index in [9.17, 15) is 0 Å². The Morgan fingerprint density at radius 1 is 0.850 bits per heavy atom. The Kier molecular flexibility index (Phi) is 2.18. The van der Waals surface area contributed by atoms with Crippen molar-refractivity contribution in [2.45, 2.75) is 13.8 Å². The SMILES string of the molecule is Cc1cccc(-c2nc3cc4nc(C)[nH]c4cc3[nH]2)n1. The van der Waals surface area contributed by atoms with Crippen molar-refractivity contribution >= 4 is 22.1 Å². The molecule has 4 rings (SSSR count). The zero-order chi connectivity index (χ0) is 13.7. The molecule has 0 amide bonds. The predicted octanol–water partition coefficient (Wildman–Crippen LogP) is 3.12. The molecule has 0 fully saturated rings. The van der Waals surface area contributed by atoms with Crippen LogP contribution in [0.25, 0.3) is 33.6 Å². The number of nitrogens with one attached hydrogen (secondary N) is 2. The summed E-state index contributed by atoms with van der Waals surface area (Å²) in [7, 11) is 0. The van der Waals surface area contributed by atoms with Gasteiger partial charge in [-0.25, -0.2) is 15.0 Å². The summed E-state index contributed by atoms with van der Waals surface area (Å²) in [6.45, 7) is 3.92. The highest BCUT2D eigenvalue weighted by Gasteiger charge is 2.09. The van der Waals surface area contributed by atoms with Gasteiger partial charge in [-0.05, 0) is 38.1 Å². The molecule has 1 aromatic carbocycles. The minimum Gasteiger partial charge on any atom is -0.342 e. The highest BCUT2D eigenvalue weighted by Crippen LogP contribution is 2.23. The van der Waals surface area contributed by atoms with Crippen molar-refractivity contribution in [1.82, 2.24) is 24.9 Å². The lowest BCUT2D eigenvalue weighted by atomic mass is 10.3. The molecule has 0 aliphatic carbocycles. The average Bonchev–Trinajstić information content (AvgIpc) is 2.97. The average molecular weight is 263 g/mol. The largest absolute Gasteiger partial charge is 0.342 e. The highest BCUT2D eigenvalue weighted by atomic mass is 15.0. The fourth-order valence-electron chi connectivity index (χ4n) is 2.44. The molecule has 0 aliphatic heterocycles. The monoisotopic (exact) mass is 263 g/mol. The number of fused-ring (bicyclic) bond motifs is 2. The molecule has 0 unspecified atom stereocenters. The summed E-state index contributed by atoms with van der Waals surface area (Å²) in [5, 5.41) is 0. The number of pyridine rings is 1. The van der Waals surface area contributed by atoms with Crippen LogP contribution in [0.5, 0.6) is 0 Å². The molecule has 98 valence electrons. The number of rotatable bonds is 1. The van der Waals surface area contributed by atoms with Gasteiger partial charge in [-0.3, -0.25) is 0 Å². The maximum Gasteiger partial charge on any atom is 0.157 e. The van der Waals surface area contributed by atoms with Crippen LogP contribution in [-0.4, -0.2) is 24.9 Å². The molecule has 0 bridgehead atoms. The Hall–Kier alpha value is -2.69. The lowest BCUT2D eigenvalue weighted by molar-refractivity contribution is 1.16. The van der Waals surface area contributed by atoms with Crippen LogP contribution in [0, 0.1) is 13.8 Å². The fraction of sp³-hybridized carbons (Fsp3) is 0.133. The number of hydrogen-bond acceptors (Lipinski definition) is 3. The molecular formula is C15H13N5. The first-order valence-corrected chi connectivity index (χ1v) is 6.49. The summed E-state index contributed by atoms with van der Waals surface area (Å²) >= 11 is 0. The minimum atomic E-state index is 0.785. The number of H-pyrrole nitrogens is 2. The zero-order valence-electron chi connectivity index (χ0n) is 11.2. The van der Waals surface area contributed by atoms with Gasteiger partial charge in [0, 0.05) is 5.69 Å². The van der Waals surface area contributed by atoms with Crippen LogP contribution in [0.1, 0.15) is 11.5 Å². The number of aromatic nitrogens is 5. The molecule has 20 heavy (non-hydrogen) atoms. The standard InChI is InChI=1S/C15H13N5/c1-8-4-3-5-10(16-8)15-19-13-6-11-12(7-14(13)20-15)18-9(2)17-11/h3-7H,1-2H3,(H,17,18)(H,19,20). The highest BCUT2D eigenvalue weighted by molar-refractivity contribution is 5.92. The Balaban J connectivity index is 1.94. The van der Waals surface area contributed by atoms with Gasteiger partial charge in [-0.1, -0.05) is 6.07 Å². The van der Waals surface area contributed by atoms with Gasteiger partial charge in [0.2, 0.25) is 0 Å². The Bertz CT molecular complexity index is 881. The maximum atomic E-state index is 4.61. The number of aromatic amines is 2. The first-order valence-electron chi connectivity index (χ1n) is 6.49. The van der Waals surface area contributed by atoms with E-state index in [0.717, 1.165) is 45.1 Å². The van der Waals surface area contributed by atoms with Gasteiger partial charge >= 0.3 is 0 Å². The Labute approximate surface area is 115 Å². The second-order valence-corrected chi connectivity index (χ2v) is 4.96. The van der Waals surface area contributed by atoms with Crippen LogP contribution >= 0.6 is 0 Å². The molecule has 0 saturated carbocycles. The van der Waals surface area contributed by atoms with E-state index in [4.69, 9.17) is 0 Å². The molecule has 0 spiro atoms. The van der Waals surface area contributed by atoms with Crippen LogP contribution in [0.4, 0.5) is 0 Å². The smallest absolute Gasteiger partial charge is 0.157 e. The summed E-state index contributed by atoms with van der Waals surface area (Å²) < 4.78 is 0. The third-order valence-corrected chi connectivity index (χ3v) is 3.33. The molecule has 2 N–H and O–H groups in total. The number of imidazole rings is 2. The molecular weight excluding hydrogens is 250 g/mol. The van der Waals surface area contributed by atoms with Crippen molar-refractivity contribution in [3.05, 3.63) is 41.9 Å². The molecule has 0 radical (unpaired) electrons. The van der Waals surface area contributed by atoms with Gasteiger partial charge in [-0.2, -0.15) is 0 Å². The normalized spacial score (nSPS) is 11.5. The molecule has 3 heterocycles. The van der Waals surface area contributed by atoms with Gasteiger partial charge in [0.25, 0.3) is 0 Å². The van der Waals surface area contributed by atoms with E-state index in [2.05, 4.69) is 24.9 Å². The fourth-order valence-corrected chi connectivity index (χ4v) is 2.44. The van der Waals surface area contributed by atoms with Gasteiger partial charge in [0.1, 0.15) is 11.5 Å². The second kappa shape index (κ2) is 3.90. The molecule has 0 aliphatic rings. The van der Waals surface area contributed by atoms with Crippen LogP contribution < -0.4 is 0 Å². The number of aryl methyl sites for hydroxylation is 2. The van der Waals surface area contributed by atoms with Gasteiger partial charge in [0.05, 0.1) is 22.1 Å². The topological polar surface area (TPSA) is 70.2 Å². The van der Waals surface area contributed by atoms with Gasteiger partial charge < -0.3 is 9.97 Å². The molecule has 0 atom stereocenters. The summed E-state index contributed by atoms with van der Waals surface area (Å²) in [4.78, 5) is 20.1. The minimum absolute atomic E-state index is 0.785. The molecule has 5 nitrogen and oxygen atoms in total. The molecule has 4 aromatic rings. The first-order chi connectivity index (χ1) is 9.69. The van der Waals surface area contributed by atoms with Gasteiger partial charge in [0.15, 0.2) is 5.82 Å². The van der Waals surface area contributed by atoms with E-state index in [1.165, 1.54) is 0 Å². The summed E-state index contributed by atoms with van der Waals surface area (Å²) in [6.07, 6.45) is 0. The van der Waals surface area contributed by atoms with Crippen molar-refractivity contribution in [2.24, 2.45) is 0 Å². The van der Waals surface area contributed by atoms with Crippen molar-refractivity contribution in [1.29, 1.82) is 0 Å². The van der Waals surface area contributed by atoms with Crippen LogP contribution in [-0.2, 0) is 0 Å². The summed E-state index contributed by atoms with van der Waals surface area (Å²) in [5.41, 5.74) is 5.68. The van der Waals surface area contributed by atoms with Crippen molar-refractivity contribution in [3.8, 4) is 11.5 Å². The van der Waals surface area contributed by atoms with Crippen LogP contribution in [0.2, 0.25) is 0 Å². The molecule has 5 heteroatoms. The van der Waals surface area contributed by atoms with E-state index in [1.54, 1.807) is 0 Å². The lowest BCUT2D eigenvalue weighted by Crippen LogP contribution is -1.87. The summed E-state index contributed by atoms with van der Waals surface area (Å²) in [6, 6.07) is 9.95. The Morgan fingerprint density at radius 2 is 1.65 bits per heavy atom. The first kappa shape index (κ1) is 11.2. The zero-order valence-corrected chi connectivity index (χ0v) is 11.2. The third kappa shape index (κ3) is 1.67. The van der Waals surface area contributed by atoms with E-state index >= 15 is 0 Å². The maximum absolute atomic E-state index is 4.61. The molecule has 3 aromatic heterocycles. The van der Waals surface area contributed by atoms with Crippen LogP contribution in [0.15, 0.2) is 30.3 Å². The summed E-state index contributed by atoms with van der Waals surface area (Å²) in [5.74, 6) is 1.70. The van der Waals surface area contributed by atoms with E-state index < -0.39 is 0 Å². The number of benzene rings is 1. The van der Waals surface area contributed by atoms with E-state index in [0.29, 0.717) is 0 Å². The van der Waals surface area contributed by atoms with E-state index in [-0.39, 0.29) is 0 Å². The Morgan fingerprint density at radius 3 is 2.50 bits per heavy atom. The quantitative estimate of drug-likeness (QED) is 0.554. The second-order valence-electron chi connectivity index (χ2n) is 4.96. The predicted molar refractivity (Wildman–Crippen MR) is 78.5 cm³/mol. The van der Waals surface area contributed by atoms with Crippen molar-refractivity contribution in [2.75, 3.05) is 0 Å². The lowest BCUT2D eigenvalue weighted by Gasteiger charge is -1.96. The van der Waals surface area contributed by atoms with Crippen molar-refractivity contribution < 1.29 is 0 Å². The third-order valence-electron chi connectivity index (χ3n) is 3.33. The van der Waals surface area contributed by atoms with Crippen molar-refractivity contribution in [3.63, 3.8) is 0 Å². The molecule has 0 saturated heterocycles.